The van der Waals surface area contributed by atoms with E-state index in [0.717, 1.165) is 11.3 Å². The van der Waals surface area contributed by atoms with Gasteiger partial charge in [0.15, 0.2) is 0 Å². The number of carbonyl (C=O) groups excluding carboxylic acids is 1. The number of nitrogens with two attached hydrogens (primary N) is 1. The summed E-state index contributed by atoms with van der Waals surface area (Å²) in [4.78, 5) is 12.3. The number of nitrogens with one attached hydrogen (secondary N) is 1. The van der Waals surface area contributed by atoms with Crippen LogP contribution in [-0.4, -0.2) is 13.0 Å². The first-order valence-corrected chi connectivity index (χ1v) is 6.25. The minimum atomic E-state index is -0.228. The Morgan fingerprint density at radius 1 is 1.25 bits per heavy atom. The molecule has 2 aromatic rings. The third-order valence-electron chi connectivity index (χ3n) is 3.30. The van der Waals surface area contributed by atoms with Gasteiger partial charge >= 0.3 is 0 Å². The lowest BCUT2D eigenvalue weighted by molar-refractivity contribution is 0.102. The van der Waals surface area contributed by atoms with Crippen LogP contribution in [0.1, 0.15) is 27.4 Å². The van der Waals surface area contributed by atoms with Gasteiger partial charge in [0.1, 0.15) is 17.3 Å². The highest BCUT2D eigenvalue weighted by Gasteiger charge is 2.19. The van der Waals surface area contributed by atoms with Gasteiger partial charge in [0.25, 0.3) is 5.91 Å². The third kappa shape index (κ3) is 2.47. The predicted molar refractivity (Wildman–Crippen MR) is 78.3 cm³/mol. The number of hydrogen-bond donors (Lipinski definition) is 2. The highest BCUT2D eigenvalue weighted by Crippen LogP contribution is 2.26. The molecule has 20 heavy (non-hydrogen) atoms. The largest absolute Gasteiger partial charge is 0.497 e. The first-order chi connectivity index (χ1) is 9.43. The summed E-state index contributed by atoms with van der Waals surface area (Å²) in [5.41, 5.74) is 8.28. The molecule has 1 amide bonds. The maximum Gasteiger partial charge on any atom is 0.259 e. The van der Waals surface area contributed by atoms with Crippen molar-refractivity contribution in [3.8, 4) is 5.75 Å². The number of ether oxygens (including phenoxy) is 1. The lowest BCUT2D eigenvalue weighted by Gasteiger charge is -2.09. The van der Waals surface area contributed by atoms with Crippen LogP contribution in [0, 0.1) is 20.8 Å². The highest BCUT2D eigenvalue weighted by atomic mass is 16.5. The van der Waals surface area contributed by atoms with Crippen molar-refractivity contribution in [1.82, 2.24) is 0 Å². The number of rotatable bonds is 3. The van der Waals surface area contributed by atoms with Crippen LogP contribution >= 0.6 is 0 Å². The fourth-order valence-corrected chi connectivity index (χ4v) is 2.09. The van der Waals surface area contributed by atoms with Gasteiger partial charge in [-0.25, -0.2) is 0 Å². The molecule has 2 rings (SSSR count). The molecule has 0 atom stereocenters. The molecule has 0 radical (unpaired) electrons. The Kier molecular flexibility index (Phi) is 3.70. The Bertz CT molecular complexity index is 659. The topological polar surface area (TPSA) is 77.5 Å². The number of amides is 1. The number of anilines is 2. The van der Waals surface area contributed by atoms with Crippen molar-refractivity contribution in [3.05, 3.63) is 40.8 Å². The molecular formula is C15H18N2O3. The molecule has 5 heteroatoms. The number of carbonyl (C=O) groups is 1. The summed E-state index contributed by atoms with van der Waals surface area (Å²) >= 11 is 0. The Labute approximate surface area is 117 Å². The average molecular weight is 274 g/mol. The Morgan fingerprint density at radius 2 is 1.95 bits per heavy atom. The SMILES string of the molecule is COc1ccc(NC(=O)c2c(C)oc(C)c2C)c(N)c1. The van der Waals surface area contributed by atoms with Gasteiger partial charge in [0, 0.05) is 11.6 Å². The molecule has 0 saturated carbocycles. The van der Waals surface area contributed by atoms with Crippen molar-refractivity contribution in [2.24, 2.45) is 0 Å². The van der Waals surface area contributed by atoms with Gasteiger partial charge in [-0.2, -0.15) is 0 Å². The summed E-state index contributed by atoms with van der Waals surface area (Å²) in [7, 11) is 1.56. The fraction of sp³-hybridized carbons (Fsp3) is 0.267. The second kappa shape index (κ2) is 5.28. The molecule has 1 heterocycles. The second-order valence-corrected chi connectivity index (χ2v) is 4.62. The van der Waals surface area contributed by atoms with E-state index >= 15 is 0 Å². The molecule has 1 aromatic heterocycles. The molecule has 3 N–H and O–H groups in total. The second-order valence-electron chi connectivity index (χ2n) is 4.62. The van der Waals surface area contributed by atoms with Crippen LogP contribution in [0.4, 0.5) is 11.4 Å². The van der Waals surface area contributed by atoms with Crippen LogP contribution < -0.4 is 15.8 Å². The van der Waals surface area contributed by atoms with E-state index in [0.29, 0.717) is 28.4 Å². The molecule has 0 spiro atoms. The highest BCUT2D eigenvalue weighted by molar-refractivity contribution is 6.07. The average Bonchev–Trinajstić information content (AvgIpc) is 2.65. The molecule has 106 valence electrons. The van der Waals surface area contributed by atoms with E-state index < -0.39 is 0 Å². The van der Waals surface area contributed by atoms with E-state index in [9.17, 15) is 4.79 Å². The quantitative estimate of drug-likeness (QED) is 0.843. The molecule has 0 aliphatic rings. The molecule has 5 nitrogen and oxygen atoms in total. The van der Waals surface area contributed by atoms with Crippen molar-refractivity contribution in [3.63, 3.8) is 0 Å². The van der Waals surface area contributed by atoms with Gasteiger partial charge in [-0.3, -0.25) is 4.79 Å². The summed E-state index contributed by atoms with van der Waals surface area (Å²) in [5, 5.41) is 2.79. The molecule has 0 saturated heterocycles. The van der Waals surface area contributed by atoms with E-state index in [1.807, 2.05) is 13.8 Å². The fourth-order valence-electron chi connectivity index (χ4n) is 2.09. The molecule has 0 fully saturated rings. The van der Waals surface area contributed by atoms with Gasteiger partial charge in [-0.1, -0.05) is 0 Å². The van der Waals surface area contributed by atoms with E-state index in [1.54, 1.807) is 32.2 Å². The van der Waals surface area contributed by atoms with Crippen LogP contribution in [-0.2, 0) is 0 Å². The van der Waals surface area contributed by atoms with Crippen molar-refractivity contribution in [1.29, 1.82) is 0 Å². The predicted octanol–water partition coefficient (Wildman–Crippen LogP) is 3.05. The van der Waals surface area contributed by atoms with E-state index in [-0.39, 0.29) is 5.91 Å². The molecule has 1 aromatic carbocycles. The molecule has 0 aliphatic heterocycles. The Hall–Kier alpha value is -2.43. The first-order valence-electron chi connectivity index (χ1n) is 6.25. The first kappa shape index (κ1) is 14.0. The number of hydrogen-bond acceptors (Lipinski definition) is 4. The van der Waals surface area contributed by atoms with Crippen molar-refractivity contribution in [2.75, 3.05) is 18.2 Å². The van der Waals surface area contributed by atoms with Gasteiger partial charge in [-0.15, -0.1) is 0 Å². The zero-order valence-electron chi connectivity index (χ0n) is 12.0. The minimum Gasteiger partial charge on any atom is -0.497 e. The molecule has 0 unspecified atom stereocenters. The van der Waals surface area contributed by atoms with Crippen LogP contribution in [0.5, 0.6) is 5.75 Å². The summed E-state index contributed by atoms with van der Waals surface area (Å²) in [5.74, 6) is 1.76. The van der Waals surface area contributed by atoms with E-state index in [4.69, 9.17) is 14.9 Å². The van der Waals surface area contributed by atoms with Crippen molar-refractivity contribution >= 4 is 17.3 Å². The molecule has 0 aliphatic carbocycles. The summed E-state index contributed by atoms with van der Waals surface area (Å²) in [6, 6.07) is 5.12. The van der Waals surface area contributed by atoms with Crippen LogP contribution in [0.3, 0.4) is 0 Å². The van der Waals surface area contributed by atoms with Crippen molar-refractivity contribution < 1.29 is 13.9 Å². The summed E-state index contributed by atoms with van der Waals surface area (Å²) in [6.45, 7) is 5.46. The van der Waals surface area contributed by atoms with Gasteiger partial charge in [0.05, 0.1) is 24.0 Å². The monoisotopic (exact) mass is 274 g/mol. The maximum absolute atomic E-state index is 12.3. The van der Waals surface area contributed by atoms with Gasteiger partial charge in [0.2, 0.25) is 0 Å². The van der Waals surface area contributed by atoms with Crippen LogP contribution in [0.15, 0.2) is 22.6 Å². The Morgan fingerprint density at radius 3 is 2.45 bits per heavy atom. The number of methoxy groups -OCH3 is 1. The smallest absolute Gasteiger partial charge is 0.259 e. The standard InChI is InChI=1S/C15H18N2O3/c1-8-9(2)20-10(3)14(8)15(18)17-13-6-5-11(19-4)7-12(13)16/h5-7H,16H2,1-4H3,(H,17,18). The van der Waals surface area contributed by atoms with Gasteiger partial charge in [-0.05, 0) is 32.9 Å². The molecule has 0 bridgehead atoms. The number of nitrogen functional groups attached to an aromatic ring is 1. The van der Waals surface area contributed by atoms with E-state index in [2.05, 4.69) is 5.32 Å². The minimum absolute atomic E-state index is 0.228. The van der Waals surface area contributed by atoms with Crippen molar-refractivity contribution in [2.45, 2.75) is 20.8 Å². The zero-order chi connectivity index (χ0) is 14.9. The number of benzene rings is 1. The zero-order valence-corrected chi connectivity index (χ0v) is 12.0. The summed E-state index contributed by atoms with van der Waals surface area (Å²) in [6.07, 6.45) is 0. The lowest BCUT2D eigenvalue weighted by atomic mass is 10.1. The third-order valence-corrected chi connectivity index (χ3v) is 3.30. The number of aryl methyl sites for hydroxylation is 2. The molecular weight excluding hydrogens is 256 g/mol. The maximum atomic E-state index is 12.3. The lowest BCUT2D eigenvalue weighted by Crippen LogP contribution is -2.14. The Balaban J connectivity index is 2.28. The van der Waals surface area contributed by atoms with Gasteiger partial charge < -0.3 is 20.2 Å². The summed E-state index contributed by atoms with van der Waals surface area (Å²) < 4.78 is 10.5. The number of furan rings is 1. The van der Waals surface area contributed by atoms with Crippen LogP contribution in [0.2, 0.25) is 0 Å². The van der Waals surface area contributed by atoms with E-state index in [1.165, 1.54) is 0 Å². The normalized spacial score (nSPS) is 10.4. The van der Waals surface area contributed by atoms with Crippen LogP contribution in [0.25, 0.3) is 0 Å².